The number of hydrogen-bond donors (Lipinski definition) is 0. The molecule has 0 bridgehead atoms. The first kappa shape index (κ1) is 15.2. The van der Waals surface area contributed by atoms with Gasteiger partial charge < -0.3 is 13.9 Å². The molecule has 0 unspecified atom stereocenters. The number of methoxy groups -OCH3 is 2. The Labute approximate surface area is 134 Å². The standard InChI is InChI=1S/C19H18O4/c1-11-5-12(2)7-13(6-11)16-10-15(20)19-17(22-4)8-14(21-3)9-18(19)23-16/h5-10H,1-4H3. The molecule has 23 heavy (non-hydrogen) atoms. The van der Waals surface area contributed by atoms with Crippen LogP contribution in [-0.2, 0) is 0 Å². The van der Waals surface area contributed by atoms with Crippen molar-refractivity contribution in [3.05, 3.63) is 57.7 Å². The van der Waals surface area contributed by atoms with Crippen LogP contribution in [0.4, 0.5) is 0 Å². The normalized spacial score (nSPS) is 10.8. The number of benzene rings is 2. The highest BCUT2D eigenvalue weighted by molar-refractivity contribution is 5.86. The molecule has 0 fully saturated rings. The van der Waals surface area contributed by atoms with Gasteiger partial charge in [0.25, 0.3) is 0 Å². The van der Waals surface area contributed by atoms with Crippen LogP contribution in [0, 0.1) is 13.8 Å². The van der Waals surface area contributed by atoms with Gasteiger partial charge in [-0.25, -0.2) is 0 Å². The molecule has 0 spiro atoms. The van der Waals surface area contributed by atoms with Crippen molar-refractivity contribution in [1.82, 2.24) is 0 Å². The number of hydrogen-bond acceptors (Lipinski definition) is 4. The van der Waals surface area contributed by atoms with E-state index in [2.05, 4.69) is 6.07 Å². The zero-order valence-electron chi connectivity index (χ0n) is 13.6. The summed E-state index contributed by atoms with van der Waals surface area (Å²) in [6, 6.07) is 10.9. The van der Waals surface area contributed by atoms with Crippen molar-refractivity contribution in [2.45, 2.75) is 13.8 Å². The van der Waals surface area contributed by atoms with Crippen molar-refractivity contribution in [2.75, 3.05) is 14.2 Å². The maximum atomic E-state index is 12.5. The molecule has 118 valence electrons. The zero-order valence-corrected chi connectivity index (χ0v) is 13.6. The van der Waals surface area contributed by atoms with Crippen LogP contribution in [0.3, 0.4) is 0 Å². The minimum absolute atomic E-state index is 0.139. The number of ether oxygens (including phenoxy) is 2. The number of rotatable bonds is 3. The van der Waals surface area contributed by atoms with E-state index in [0.717, 1.165) is 16.7 Å². The quantitative estimate of drug-likeness (QED) is 0.731. The average molecular weight is 310 g/mol. The van der Waals surface area contributed by atoms with Crippen molar-refractivity contribution in [3.63, 3.8) is 0 Å². The molecule has 0 atom stereocenters. The van der Waals surface area contributed by atoms with Crippen LogP contribution in [0.15, 0.2) is 45.6 Å². The fourth-order valence-corrected chi connectivity index (χ4v) is 2.77. The SMILES string of the molecule is COc1cc(OC)c2c(=O)cc(-c3cc(C)cc(C)c3)oc2c1. The fourth-order valence-electron chi connectivity index (χ4n) is 2.77. The van der Waals surface area contributed by atoms with Gasteiger partial charge in [-0.2, -0.15) is 0 Å². The van der Waals surface area contributed by atoms with Crippen molar-refractivity contribution in [1.29, 1.82) is 0 Å². The van der Waals surface area contributed by atoms with Crippen molar-refractivity contribution in [3.8, 4) is 22.8 Å². The summed E-state index contributed by atoms with van der Waals surface area (Å²) in [5.74, 6) is 1.56. The molecular weight excluding hydrogens is 292 g/mol. The van der Waals surface area contributed by atoms with Gasteiger partial charge in [-0.05, 0) is 26.0 Å². The highest BCUT2D eigenvalue weighted by Crippen LogP contribution is 2.32. The van der Waals surface area contributed by atoms with Crippen LogP contribution >= 0.6 is 0 Å². The zero-order chi connectivity index (χ0) is 16.6. The third kappa shape index (κ3) is 2.80. The molecule has 0 amide bonds. The first-order valence-corrected chi connectivity index (χ1v) is 7.30. The molecular formula is C19H18O4. The lowest BCUT2D eigenvalue weighted by molar-refractivity contribution is 0.396. The molecule has 3 aromatic rings. The van der Waals surface area contributed by atoms with E-state index in [9.17, 15) is 4.79 Å². The van der Waals surface area contributed by atoms with E-state index in [1.807, 2.05) is 26.0 Å². The van der Waals surface area contributed by atoms with E-state index < -0.39 is 0 Å². The summed E-state index contributed by atoms with van der Waals surface area (Å²) in [7, 11) is 3.08. The predicted molar refractivity (Wildman–Crippen MR) is 90.5 cm³/mol. The Morgan fingerprint density at radius 3 is 2.17 bits per heavy atom. The Balaban J connectivity index is 2.30. The van der Waals surface area contributed by atoms with Gasteiger partial charge in [0.1, 0.15) is 28.2 Å². The fraction of sp³-hybridized carbons (Fsp3) is 0.211. The van der Waals surface area contributed by atoms with Crippen LogP contribution in [-0.4, -0.2) is 14.2 Å². The largest absolute Gasteiger partial charge is 0.496 e. The molecule has 0 N–H and O–H groups in total. The van der Waals surface area contributed by atoms with Crippen molar-refractivity contribution < 1.29 is 13.9 Å². The van der Waals surface area contributed by atoms with Crippen LogP contribution in [0.5, 0.6) is 11.5 Å². The van der Waals surface area contributed by atoms with Gasteiger partial charge in [-0.1, -0.05) is 17.2 Å². The van der Waals surface area contributed by atoms with Gasteiger partial charge >= 0.3 is 0 Å². The lowest BCUT2D eigenvalue weighted by Gasteiger charge is -2.10. The number of aryl methyl sites for hydroxylation is 2. The maximum Gasteiger partial charge on any atom is 0.197 e. The summed E-state index contributed by atoms with van der Waals surface area (Å²) in [4.78, 5) is 12.5. The summed E-state index contributed by atoms with van der Waals surface area (Å²) >= 11 is 0. The summed E-state index contributed by atoms with van der Waals surface area (Å²) in [5, 5.41) is 0.418. The number of fused-ring (bicyclic) bond motifs is 1. The minimum Gasteiger partial charge on any atom is -0.496 e. The summed E-state index contributed by atoms with van der Waals surface area (Å²) < 4.78 is 16.5. The molecule has 0 radical (unpaired) electrons. The monoisotopic (exact) mass is 310 g/mol. The molecule has 2 aromatic carbocycles. The van der Waals surface area contributed by atoms with Crippen molar-refractivity contribution >= 4 is 11.0 Å². The van der Waals surface area contributed by atoms with Gasteiger partial charge in [0.05, 0.1) is 14.2 Å². The van der Waals surface area contributed by atoms with Gasteiger partial charge in [-0.15, -0.1) is 0 Å². The molecule has 0 saturated carbocycles. The second kappa shape index (κ2) is 5.80. The lowest BCUT2D eigenvalue weighted by Crippen LogP contribution is -2.03. The summed E-state index contributed by atoms with van der Waals surface area (Å²) in [6.07, 6.45) is 0. The molecule has 1 heterocycles. The molecule has 3 rings (SSSR count). The summed E-state index contributed by atoms with van der Waals surface area (Å²) in [5.41, 5.74) is 3.42. The highest BCUT2D eigenvalue weighted by atomic mass is 16.5. The van der Waals surface area contributed by atoms with Gasteiger partial charge in [0.2, 0.25) is 0 Å². The molecule has 1 aromatic heterocycles. The first-order valence-electron chi connectivity index (χ1n) is 7.30. The second-order valence-corrected chi connectivity index (χ2v) is 5.55. The van der Waals surface area contributed by atoms with Gasteiger partial charge in [0, 0.05) is 23.8 Å². The van der Waals surface area contributed by atoms with Crippen LogP contribution in [0.25, 0.3) is 22.3 Å². The third-order valence-corrected chi connectivity index (χ3v) is 3.73. The minimum atomic E-state index is -0.139. The smallest absolute Gasteiger partial charge is 0.197 e. The second-order valence-electron chi connectivity index (χ2n) is 5.55. The molecule has 0 aliphatic heterocycles. The Kier molecular flexibility index (Phi) is 3.82. The topological polar surface area (TPSA) is 48.7 Å². The Morgan fingerprint density at radius 2 is 1.57 bits per heavy atom. The molecule has 0 saturated heterocycles. The summed E-state index contributed by atoms with van der Waals surface area (Å²) in [6.45, 7) is 4.03. The third-order valence-electron chi connectivity index (χ3n) is 3.73. The Hall–Kier alpha value is -2.75. The Bertz CT molecular complexity index is 918. The van der Waals surface area contributed by atoms with E-state index in [4.69, 9.17) is 13.9 Å². The van der Waals surface area contributed by atoms with Gasteiger partial charge in [-0.3, -0.25) is 4.79 Å². The van der Waals surface area contributed by atoms with E-state index >= 15 is 0 Å². The molecule has 4 nitrogen and oxygen atoms in total. The lowest BCUT2D eigenvalue weighted by atomic mass is 10.0. The van der Waals surface area contributed by atoms with Crippen molar-refractivity contribution in [2.24, 2.45) is 0 Å². The van der Waals surface area contributed by atoms with E-state index in [0.29, 0.717) is 28.2 Å². The molecule has 0 aliphatic rings. The predicted octanol–water partition coefficient (Wildman–Crippen LogP) is 4.09. The first-order chi connectivity index (χ1) is 11.0. The van der Waals surface area contributed by atoms with Gasteiger partial charge in [0.15, 0.2) is 5.43 Å². The van der Waals surface area contributed by atoms with Crippen LogP contribution in [0.1, 0.15) is 11.1 Å². The Morgan fingerprint density at radius 1 is 0.870 bits per heavy atom. The van der Waals surface area contributed by atoms with Crippen LogP contribution < -0.4 is 14.9 Å². The maximum absolute atomic E-state index is 12.5. The van der Waals surface area contributed by atoms with E-state index in [1.54, 1.807) is 19.2 Å². The molecule has 4 heteroatoms. The van der Waals surface area contributed by atoms with E-state index in [1.165, 1.54) is 13.2 Å². The van der Waals surface area contributed by atoms with E-state index in [-0.39, 0.29) is 5.43 Å². The molecule has 0 aliphatic carbocycles. The van der Waals surface area contributed by atoms with Crippen LogP contribution in [0.2, 0.25) is 0 Å². The average Bonchev–Trinajstić information content (AvgIpc) is 2.52. The highest BCUT2D eigenvalue weighted by Gasteiger charge is 2.14.